The molecule has 0 bridgehead atoms. The maximum absolute atomic E-state index is 11.6. The molecular formula is C10H8BrNO3S. The molecule has 0 aliphatic rings. The van der Waals surface area contributed by atoms with Gasteiger partial charge in [0.25, 0.3) is 0 Å². The largest absolute Gasteiger partial charge is 0.462 e. The van der Waals surface area contributed by atoms with Gasteiger partial charge in [0.2, 0.25) is 5.56 Å². The van der Waals surface area contributed by atoms with Crippen molar-refractivity contribution in [1.82, 2.24) is 4.98 Å². The van der Waals surface area contributed by atoms with E-state index in [2.05, 4.69) is 20.9 Å². The van der Waals surface area contributed by atoms with Gasteiger partial charge in [0.1, 0.15) is 9.71 Å². The van der Waals surface area contributed by atoms with Crippen LogP contribution in [0.4, 0.5) is 0 Å². The first-order valence-corrected chi connectivity index (χ1v) is 6.23. The molecular weight excluding hydrogens is 294 g/mol. The van der Waals surface area contributed by atoms with E-state index >= 15 is 0 Å². The van der Waals surface area contributed by atoms with Gasteiger partial charge in [0.05, 0.1) is 11.1 Å². The number of hydrogen-bond acceptors (Lipinski definition) is 4. The molecule has 0 fully saturated rings. The van der Waals surface area contributed by atoms with E-state index in [9.17, 15) is 9.59 Å². The van der Waals surface area contributed by atoms with Crippen molar-refractivity contribution in [1.29, 1.82) is 0 Å². The number of carbonyl (C=O) groups is 1. The quantitative estimate of drug-likeness (QED) is 0.867. The van der Waals surface area contributed by atoms with Crippen LogP contribution in [0.1, 0.15) is 16.6 Å². The number of rotatable bonds is 2. The lowest BCUT2D eigenvalue weighted by Crippen LogP contribution is -2.02. The number of ether oxygens (including phenoxy) is 1. The van der Waals surface area contributed by atoms with E-state index in [-0.39, 0.29) is 11.5 Å². The zero-order valence-electron chi connectivity index (χ0n) is 8.37. The Morgan fingerprint density at radius 1 is 1.56 bits per heavy atom. The summed E-state index contributed by atoms with van der Waals surface area (Å²) in [5.41, 5.74) is -0.184. The third-order valence-electron chi connectivity index (χ3n) is 1.98. The number of carbonyl (C=O) groups excluding carboxylic acids is 1. The number of halogens is 1. The van der Waals surface area contributed by atoms with Gasteiger partial charge < -0.3 is 9.72 Å². The van der Waals surface area contributed by atoms with Gasteiger partial charge in [0.15, 0.2) is 0 Å². The van der Waals surface area contributed by atoms with Gasteiger partial charge in [-0.15, -0.1) is 11.3 Å². The summed E-state index contributed by atoms with van der Waals surface area (Å²) >= 11 is 4.54. The fraction of sp³-hybridized carbons (Fsp3) is 0.200. The van der Waals surface area contributed by atoms with Gasteiger partial charge in [0, 0.05) is 11.5 Å². The molecule has 0 unspecified atom stereocenters. The smallest absolute Gasteiger partial charge is 0.349 e. The van der Waals surface area contributed by atoms with Crippen LogP contribution in [-0.2, 0) is 4.74 Å². The van der Waals surface area contributed by atoms with E-state index in [1.807, 2.05) is 0 Å². The maximum Gasteiger partial charge on any atom is 0.349 e. The van der Waals surface area contributed by atoms with E-state index < -0.39 is 0 Å². The Morgan fingerprint density at radius 3 is 3.00 bits per heavy atom. The molecule has 0 aliphatic carbocycles. The molecule has 16 heavy (non-hydrogen) atoms. The Labute approximate surface area is 103 Å². The van der Waals surface area contributed by atoms with E-state index in [0.29, 0.717) is 20.8 Å². The van der Waals surface area contributed by atoms with Crippen LogP contribution in [0.3, 0.4) is 0 Å². The van der Waals surface area contributed by atoms with Crippen molar-refractivity contribution in [2.45, 2.75) is 6.92 Å². The van der Waals surface area contributed by atoms with Crippen LogP contribution in [0.5, 0.6) is 0 Å². The van der Waals surface area contributed by atoms with Crippen LogP contribution in [0, 0.1) is 0 Å². The zero-order valence-corrected chi connectivity index (χ0v) is 10.8. The normalized spacial score (nSPS) is 10.6. The molecule has 2 aromatic heterocycles. The lowest BCUT2D eigenvalue weighted by atomic mass is 10.3. The van der Waals surface area contributed by atoms with Crippen molar-refractivity contribution in [2.24, 2.45) is 0 Å². The highest BCUT2D eigenvalue weighted by Gasteiger charge is 2.17. The van der Waals surface area contributed by atoms with Crippen molar-refractivity contribution in [2.75, 3.05) is 6.61 Å². The summed E-state index contributed by atoms with van der Waals surface area (Å²) in [5.74, 6) is -0.378. The molecule has 2 heterocycles. The van der Waals surface area contributed by atoms with Gasteiger partial charge in [-0.25, -0.2) is 4.79 Å². The fourth-order valence-electron chi connectivity index (χ4n) is 1.31. The SMILES string of the molecule is CCOC(=O)c1sc2[nH]c(=O)ccc2c1Br. The van der Waals surface area contributed by atoms with Crippen LogP contribution in [0.2, 0.25) is 0 Å². The fourth-order valence-corrected chi connectivity index (χ4v) is 3.15. The second kappa shape index (κ2) is 4.39. The van der Waals surface area contributed by atoms with Gasteiger partial charge >= 0.3 is 5.97 Å². The van der Waals surface area contributed by atoms with E-state index in [0.717, 1.165) is 5.39 Å². The average Bonchev–Trinajstić information content (AvgIpc) is 2.56. The predicted molar refractivity (Wildman–Crippen MR) is 66.1 cm³/mol. The standard InChI is InChI=1S/C10H8BrNO3S/c1-2-15-10(14)8-7(11)5-3-4-6(13)12-9(5)16-8/h3-4H,2H2,1H3,(H,12,13). The number of esters is 1. The van der Waals surface area contributed by atoms with E-state index in [1.165, 1.54) is 17.4 Å². The highest BCUT2D eigenvalue weighted by Crippen LogP contribution is 2.34. The molecule has 0 amide bonds. The van der Waals surface area contributed by atoms with Gasteiger partial charge in [-0.3, -0.25) is 4.79 Å². The molecule has 0 saturated heterocycles. The highest BCUT2D eigenvalue weighted by molar-refractivity contribution is 9.10. The Balaban J connectivity index is 2.60. The molecule has 4 nitrogen and oxygen atoms in total. The van der Waals surface area contributed by atoms with Crippen molar-refractivity contribution < 1.29 is 9.53 Å². The second-order valence-electron chi connectivity index (χ2n) is 3.03. The number of thiophene rings is 1. The number of H-pyrrole nitrogens is 1. The number of hydrogen-bond donors (Lipinski definition) is 1. The van der Waals surface area contributed by atoms with Gasteiger partial charge in [-0.1, -0.05) is 0 Å². The van der Waals surface area contributed by atoms with Crippen molar-refractivity contribution in [3.05, 3.63) is 31.8 Å². The molecule has 0 spiro atoms. The Morgan fingerprint density at radius 2 is 2.31 bits per heavy atom. The summed E-state index contributed by atoms with van der Waals surface area (Å²) in [7, 11) is 0. The highest BCUT2D eigenvalue weighted by atomic mass is 79.9. The molecule has 0 radical (unpaired) electrons. The molecule has 0 aliphatic heterocycles. The van der Waals surface area contributed by atoms with E-state index in [4.69, 9.17) is 4.74 Å². The predicted octanol–water partition coefficient (Wildman–Crippen LogP) is 2.53. The zero-order chi connectivity index (χ0) is 11.7. The number of pyridine rings is 1. The molecule has 0 atom stereocenters. The maximum atomic E-state index is 11.6. The Hall–Kier alpha value is -1.14. The average molecular weight is 302 g/mol. The number of nitrogens with one attached hydrogen (secondary N) is 1. The molecule has 6 heteroatoms. The summed E-state index contributed by atoms with van der Waals surface area (Å²) in [5, 5.41) is 0.813. The van der Waals surface area contributed by atoms with Crippen molar-refractivity contribution >= 4 is 43.5 Å². The van der Waals surface area contributed by atoms with Gasteiger partial charge in [-0.05, 0) is 28.9 Å². The first-order valence-electron chi connectivity index (χ1n) is 4.62. The van der Waals surface area contributed by atoms with Crippen molar-refractivity contribution in [3.63, 3.8) is 0 Å². The minimum Gasteiger partial charge on any atom is -0.462 e. The van der Waals surface area contributed by atoms with E-state index in [1.54, 1.807) is 13.0 Å². The monoisotopic (exact) mass is 301 g/mol. The number of aromatic nitrogens is 1. The van der Waals surface area contributed by atoms with Crippen LogP contribution < -0.4 is 5.56 Å². The minimum absolute atomic E-state index is 0.184. The summed E-state index contributed by atoms with van der Waals surface area (Å²) < 4.78 is 5.59. The summed E-state index contributed by atoms with van der Waals surface area (Å²) in [6.45, 7) is 2.08. The van der Waals surface area contributed by atoms with Gasteiger partial charge in [-0.2, -0.15) is 0 Å². The minimum atomic E-state index is -0.378. The second-order valence-corrected chi connectivity index (χ2v) is 4.84. The third kappa shape index (κ3) is 1.90. The van der Waals surface area contributed by atoms with Crippen molar-refractivity contribution in [3.8, 4) is 0 Å². The molecule has 2 aromatic rings. The Bertz CT molecular complexity index is 602. The summed E-state index contributed by atoms with van der Waals surface area (Å²) in [4.78, 5) is 26.5. The molecule has 84 valence electrons. The lowest BCUT2D eigenvalue weighted by Gasteiger charge is -1.97. The molecule has 0 aromatic carbocycles. The van der Waals surface area contributed by atoms with Crippen LogP contribution >= 0.6 is 27.3 Å². The van der Waals surface area contributed by atoms with Crippen LogP contribution in [0.25, 0.3) is 10.2 Å². The third-order valence-corrected chi connectivity index (χ3v) is 4.17. The molecule has 1 N–H and O–H groups in total. The Kier molecular flexibility index (Phi) is 3.11. The number of aromatic amines is 1. The molecule has 0 saturated carbocycles. The topological polar surface area (TPSA) is 59.2 Å². The summed E-state index contributed by atoms with van der Waals surface area (Å²) in [6.07, 6.45) is 0. The van der Waals surface area contributed by atoms with Crippen LogP contribution in [0.15, 0.2) is 21.4 Å². The molecule has 2 rings (SSSR count). The first-order chi connectivity index (χ1) is 7.63. The first kappa shape index (κ1) is 11.3. The lowest BCUT2D eigenvalue weighted by molar-refractivity contribution is 0.0531. The number of fused-ring (bicyclic) bond motifs is 1. The summed E-state index contributed by atoms with van der Waals surface area (Å²) in [6, 6.07) is 3.10. The van der Waals surface area contributed by atoms with Crippen LogP contribution in [-0.4, -0.2) is 17.6 Å².